The molecule has 0 aliphatic rings. The summed E-state index contributed by atoms with van der Waals surface area (Å²) in [7, 11) is 1.24. The zero-order valence-corrected chi connectivity index (χ0v) is 16.5. The number of aromatic amines is 1. The minimum atomic E-state index is -0.551. The number of aromatic nitrogens is 2. The van der Waals surface area contributed by atoms with Gasteiger partial charge in [-0.05, 0) is 61.5 Å². The number of aryl methyl sites for hydroxylation is 1. The number of nitrogens with one attached hydrogen (secondary N) is 2. The molecule has 2 N–H and O–H groups in total. The van der Waals surface area contributed by atoms with E-state index in [4.69, 9.17) is 12.2 Å². The van der Waals surface area contributed by atoms with Crippen molar-refractivity contribution in [1.82, 2.24) is 14.9 Å². The number of amides is 1. The van der Waals surface area contributed by atoms with Crippen LogP contribution in [0.2, 0.25) is 0 Å². The molecular weight excluding hydrogens is 378 g/mol. The molecule has 0 fully saturated rings. The highest BCUT2D eigenvalue weighted by Crippen LogP contribution is 2.18. The number of nitrogens with zero attached hydrogens (tertiary/aromatic N) is 1. The number of methoxy groups -OCH3 is 1. The molecule has 0 saturated carbocycles. The van der Waals surface area contributed by atoms with Gasteiger partial charge >= 0.3 is 5.97 Å². The molecule has 28 heavy (non-hydrogen) atoms. The maximum Gasteiger partial charge on any atom is 0.325 e. The second kappa shape index (κ2) is 7.77. The van der Waals surface area contributed by atoms with Crippen molar-refractivity contribution in [2.24, 2.45) is 0 Å². The van der Waals surface area contributed by atoms with Crippen LogP contribution in [0.15, 0.2) is 41.2 Å². The Balaban J connectivity index is 2.08. The third kappa shape index (κ3) is 3.59. The van der Waals surface area contributed by atoms with Gasteiger partial charge in [-0.15, -0.1) is 0 Å². The molecule has 3 rings (SSSR count). The predicted molar refractivity (Wildman–Crippen MR) is 109 cm³/mol. The van der Waals surface area contributed by atoms with Crippen LogP contribution >= 0.6 is 12.2 Å². The van der Waals surface area contributed by atoms with Gasteiger partial charge in [0.15, 0.2) is 4.77 Å². The van der Waals surface area contributed by atoms with Crippen LogP contribution in [-0.2, 0) is 9.53 Å². The van der Waals surface area contributed by atoms with E-state index in [0.717, 1.165) is 11.1 Å². The van der Waals surface area contributed by atoms with Gasteiger partial charge in [0.25, 0.3) is 11.5 Å². The third-order valence-electron chi connectivity index (χ3n) is 4.60. The number of ether oxygens (including phenoxy) is 1. The first-order valence-electron chi connectivity index (χ1n) is 8.54. The Morgan fingerprint density at radius 2 is 1.96 bits per heavy atom. The highest BCUT2D eigenvalue weighted by molar-refractivity contribution is 7.71. The lowest BCUT2D eigenvalue weighted by Crippen LogP contribution is -2.30. The van der Waals surface area contributed by atoms with E-state index >= 15 is 0 Å². The molecule has 8 heteroatoms. The molecule has 0 unspecified atom stereocenters. The zero-order valence-electron chi connectivity index (χ0n) is 15.7. The topological polar surface area (TPSA) is 93.2 Å². The number of H-pyrrole nitrogens is 1. The van der Waals surface area contributed by atoms with Crippen molar-refractivity contribution in [3.63, 3.8) is 0 Å². The van der Waals surface area contributed by atoms with E-state index < -0.39 is 11.9 Å². The minimum absolute atomic E-state index is 0.235. The maximum atomic E-state index is 13.1. The number of hydrogen-bond donors (Lipinski definition) is 2. The molecule has 0 atom stereocenters. The molecule has 0 aliphatic heterocycles. The second-order valence-electron chi connectivity index (χ2n) is 6.31. The number of benzene rings is 2. The summed E-state index contributed by atoms with van der Waals surface area (Å²) >= 11 is 5.41. The maximum absolute atomic E-state index is 13.1. The number of carbonyl (C=O) groups is 2. The van der Waals surface area contributed by atoms with Crippen molar-refractivity contribution < 1.29 is 14.3 Å². The van der Waals surface area contributed by atoms with Crippen molar-refractivity contribution in [3.05, 3.63) is 68.2 Å². The summed E-state index contributed by atoms with van der Waals surface area (Å²) in [6.45, 7) is 3.67. The van der Waals surface area contributed by atoms with Gasteiger partial charge in [-0.3, -0.25) is 19.0 Å². The Labute approximate surface area is 166 Å². The molecule has 3 aromatic rings. The first kappa shape index (κ1) is 19.5. The van der Waals surface area contributed by atoms with Gasteiger partial charge in [0.2, 0.25) is 0 Å². The van der Waals surface area contributed by atoms with Crippen molar-refractivity contribution in [2.75, 3.05) is 13.7 Å². The number of fused-ring (bicyclic) bond motifs is 1. The van der Waals surface area contributed by atoms with E-state index in [9.17, 15) is 14.4 Å². The van der Waals surface area contributed by atoms with E-state index in [-0.39, 0.29) is 16.9 Å². The Hall–Kier alpha value is -3.26. The zero-order chi connectivity index (χ0) is 20.4. The van der Waals surface area contributed by atoms with Crippen LogP contribution in [0.5, 0.6) is 0 Å². The van der Waals surface area contributed by atoms with Gasteiger partial charge in [0, 0.05) is 5.56 Å². The summed E-state index contributed by atoms with van der Waals surface area (Å²) in [4.78, 5) is 39.5. The Bertz CT molecular complexity index is 1210. The van der Waals surface area contributed by atoms with Gasteiger partial charge in [0.05, 0.1) is 23.7 Å². The summed E-state index contributed by atoms with van der Waals surface area (Å²) in [6.07, 6.45) is 0. The van der Waals surface area contributed by atoms with Crippen molar-refractivity contribution in [2.45, 2.75) is 13.8 Å². The number of rotatable bonds is 4. The standard InChI is InChI=1S/C20H19N3O4S/c1-11-5-4-6-16(12(11)2)23-19(26)14-8-7-13(9-15(14)22-20(23)28)18(25)21-10-17(24)27-3/h4-9H,10H2,1-3H3,(H,21,25)(H,22,28). The lowest BCUT2D eigenvalue weighted by molar-refractivity contribution is -0.139. The first-order chi connectivity index (χ1) is 13.3. The van der Waals surface area contributed by atoms with Crippen LogP contribution in [0.25, 0.3) is 16.6 Å². The predicted octanol–water partition coefficient (Wildman–Crippen LogP) is 2.57. The lowest BCUT2D eigenvalue weighted by Gasteiger charge is -2.13. The van der Waals surface area contributed by atoms with E-state index in [1.807, 2.05) is 32.0 Å². The number of hydrogen-bond acceptors (Lipinski definition) is 5. The molecule has 144 valence electrons. The van der Waals surface area contributed by atoms with Crippen molar-refractivity contribution in [1.29, 1.82) is 0 Å². The fourth-order valence-electron chi connectivity index (χ4n) is 2.88. The summed E-state index contributed by atoms with van der Waals surface area (Å²) in [5.41, 5.74) is 3.20. The van der Waals surface area contributed by atoms with Gasteiger partial charge in [-0.1, -0.05) is 12.1 Å². The largest absolute Gasteiger partial charge is 0.468 e. The molecule has 2 aromatic carbocycles. The second-order valence-corrected chi connectivity index (χ2v) is 6.70. The average Bonchev–Trinajstić information content (AvgIpc) is 2.68. The van der Waals surface area contributed by atoms with Crippen molar-refractivity contribution >= 4 is 35.0 Å². The minimum Gasteiger partial charge on any atom is -0.468 e. The summed E-state index contributed by atoms with van der Waals surface area (Å²) in [5, 5.41) is 2.86. The van der Waals surface area contributed by atoms with Gasteiger partial charge < -0.3 is 15.0 Å². The van der Waals surface area contributed by atoms with Gasteiger partial charge in [-0.2, -0.15) is 0 Å². The quantitative estimate of drug-likeness (QED) is 0.521. The van der Waals surface area contributed by atoms with Crippen LogP contribution in [0.3, 0.4) is 0 Å². The van der Waals surface area contributed by atoms with Crippen LogP contribution in [0, 0.1) is 18.6 Å². The third-order valence-corrected chi connectivity index (χ3v) is 4.88. The first-order valence-corrected chi connectivity index (χ1v) is 8.95. The molecule has 7 nitrogen and oxygen atoms in total. The molecule has 0 bridgehead atoms. The fraction of sp³-hybridized carbons (Fsp3) is 0.200. The monoisotopic (exact) mass is 397 g/mol. The normalized spacial score (nSPS) is 10.7. The van der Waals surface area contributed by atoms with Crippen LogP contribution < -0.4 is 10.9 Å². The van der Waals surface area contributed by atoms with E-state index in [1.54, 1.807) is 6.07 Å². The number of carbonyl (C=O) groups excluding carboxylic acids is 2. The Morgan fingerprint density at radius 3 is 2.68 bits per heavy atom. The molecule has 1 aromatic heterocycles. The summed E-state index contributed by atoms with van der Waals surface area (Å²) in [6, 6.07) is 10.3. The SMILES string of the molecule is COC(=O)CNC(=O)c1ccc2c(=O)n(-c3cccc(C)c3C)c(=S)[nH]c2c1. The van der Waals surface area contributed by atoms with E-state index in [0.29, 0.717) is 22.2 Å². The summed E-state index contributed by atoms with van der Waals surface area (Å²) < 4.78 is 6.18. The molecule has 1 heterocycles. The number of esters is 1. The Morgan fingerprint density at radius 1 is 1.21 bits per heavy atom. The van der Waals surface area contributed by atoms with E-state index in [1.165, 1.54) is 23.8 Å². The Kier molecular flexibility index (Phi) is 5.41. The van der Waals surface area contributed by atoms with Crippen molar-refractivity contribution in [3.8, 4) is 5.69 Å². The highest BCUT2D eigenvalue weighted by Gasteiger charge is 2.13. The average molecular weight is 397 g/mol. The molecule has 0 saturated heterocycles. The van der Waals surface area contributed by atoms with Crippen LogP contribution in [-0.4, -0.2) is 35.1 Å². The van der Waals surface area contributed by atoms with Crippen LogP contribution in [0.4, 0.5) is 0 Å². The molecule has 0 spiro atoms. The smallest absolute Gasteiger partial charge is 0.325 e. The molecule has 0 radical (unpaired) electrons. The molecule has 0 aliphatic carbocycles. The fourth-order valence-corrected chi connectivity index (χ4v) is 3.17. The van der Waals surface area contributed by atoms with E-state index in [2.05, 4.69) is 15.0 Å². The van der Waals surface area contributed by atoms with Crippen LogP contribution in [0.1, 0.15) is 21.5 Å². The molecule has 1 amide bonds. The summed E-state index contributed by atoms with van der Waals surface area (Å²) in [5.74, 6) is -1.00. The van der Waals surface area contributed by atoms with Gasteiger partial charge in [0.1, 0.15) is 6.54 Å². The molecular formula is C20H19N3O4S. The van der Waals surface area contributed by atoms with Gasteiger partial charge in [-0.25, -0.2) is 0 Å². The lowest BCUT2D eigenvalue weighted by atomic mass is 10.1. The highest BCUT2D eigenvalue weighted by atomic mass is 32.1.